The van der Waals surface area contributed by atoms with Crippen LogP contribution in [0.5, 0.6) is 0 Å². The van der Waals surface area contributed by atoms with Gasteiger partial charge in [-0.15, -0.1) is 0 Å². The molecule has 1 aromatic carbocycles. The minimum absolute atomic E-state index is 0.125. The van der Waals surface area contributed by atoms with Gasteiger partial charge in [0.25, 0.3) is 0 Å². The molecule has 0 radical (unpaired) electrons. The predicted molar refractivity (Wildman–Crippen MR) is 73.7 cm³/mol. The fourth-order valence-electron chi connectivity index (χ4n) is 2.25. The van der Waals surface area contributed by atoms with E-state index in [1.807, 2.05) is 0 Å². The number of amides is 1. The lowest BCUT2D eigenvalue weighted by Crippen LogP contribution is -2.36. The van der Waals surface area contributed by atoms with Crippen molar-refractivity contribution in [3.63, 3.8) is 0 Å². The van der Waals surface area contributed by atoms with E-state index in [1.165, 1.54) is 35.5 Å². The van der Waals surface area contributed by atoms with E-state index < -0.39 is 16.1 Å². The summed E-state index contributed by atoms with van der Waals surface area (Å²) < 4.78 is 26.1. The molecule has 1 saturated heterocycles. The van der Waals surface area contributed by atoms with Crippen LogP contribution in [-0.2, 0) is 19.6 Å². The second-order valence-corrected chi connectivity index (χ2v) is 6.56. The van der Waals surface area contributed by atoms with Gasteiger partial charge in [0, 0.05) is 19.2 Å². The van der Waals surface area contributed by atoms with E-state index in [-0.39, 0.29) is 10.8 Å². The Morgan fingerprint density at radius 3 is 2.55 bits per heavy atom. The molecule has 0 aliphatic carbocycles. The summed E-state index contributed by atoms with van der Waals surface area (Å²) in [6, 6.07) is 5.34. The summed E-state index contributed by atoms with van der Waals surface area (Å²) >= 11 is 0. The third-order valence-electron chi connectivity index (χ3n) is 3.19. The summed E-state index contributed by atoms with van der Waals surface area (Å²) in [4.78, 5) is 22.0. The van der Waals surface area contributed by atoms with Gasteiger partial charge in [0.2, 0.25) is 15.9 Å². The van der Waals surface area contributed by atoms with E-state index in [1.54, 1.807) is 0 Å². The molecule has 20 heavy (non-hydrogen) atoms. The molecule has 1 aliphatic heterocycles. The molecule has 7 heteroatoms. The van der Waals surface area contributed by atoms with Gasteiger partial charge >= 0.3 is 0 Å². The van der Waals surface area contributed by atoms with Crippen LogP contribution >= 0.6 is 0 Å². The van der Waals surface area contributed by atoms with Crippen LogP contribution in [0.4, 0.5) is 5.69 Å². The molecule has 1 amide bonds. The third-order valence-corrected chi connectivity index (χ3v) is 5.13. The van der Waals surface area contributed by atoms with E-state index in [4.69, 9.17) is 0 Å². The number of sulfonamides is 1. The molecule has 1 fully saturated rings. The number of nitrogens with zero attached hydrogens (tertiary/aromatic N) is 1. The Hall–Kier alpha value is -1.73. The van der Waals surface area contributed by atoms with Crippen LogP contribution in [0.25, 0.3) is 0 Å². The molecule has 0 bridgehead atoms. The number of carbonyl (C=O) groups excluding carboxylic acids is 2. The van der Waals surface area contributed by atoms with Crippen molar-refractivity contribution < 1.29 is 18.0 Å². The van der Waals surface area contributed by atoms with Crippen LogP contribution in [0.1, 0.15) is 19.8 Å². The highest BCUT2D eigenvalue weighted by atomic mass is 32.2. The van der Waals surface area contributed by atoms with Gasteiger partial charge in [0.05, 0.1) is 10.9 Å². The Kier molecular flexibility index (Phi) is 4.20. The van der Waals surface area contributed by atoms with E-state index >= 15 is 0 Å². The molecule has 2 rings (SSSR count). The molecular formula is C13H16N2O4S. The number of hydrogen-bond donors (Lipinski definition) is 1. The first-order chi connectivity index (χ1) is 9.45. The number of aldehydes is 1. The molecule has 1 atom stereocenters. The van der Waals surface area contributed by atoms with Crippen molar-refractivity contribution in [3.05, 3.63) is 24.3 Å². The molecule has 0 aromatic heterocycles. The van der Waals surface area contributed by atoms with Crippen molar-refractivity contribution in [1.82, 2.24) is 4.31 Å². The van der Waals surface area contributed by atoms with Crippen LogP contribution in [-0.4, -0.2) is 37.5 Å². The molecule has 1 N–H and O–H groups in total. The van der Waals surface area contributed by atoms with Gasteiger partial charge < -0.3 is 10.1 Å². The Balaban J connectivity index is 2.25. The Labute approximate surface area is 117 Å². The average Bonchev–Trinajstić information content (AvgIpc) is 2.87. The zero-order valence-electron chi connectivity index (χ0n) is 11.1. The van der Waals surface area contributed by atoms with Gasteiger partial charge in [-0.1, -0.05) is 0 Å². The normalized spacial score (nSPS) is 19.8. The average molecular weight is 296 g/mol. The highest BCUT2D eigenvalue weighted by Crippen LogP contribution is 2.25. The third kappa shape index (κ3) is 2.88. The largest absolute Gasteiger partial charge is 0.326 e. The molecular weight excluding hydrogens is 280 g/mol. The van der Waals surface area contributed by atoms with Gasteiger partial charge in [-0.3, -0.25) is 4.79 Å². The Morgan fingerprint density at radius 1 is 1.35 bits per heavy atom. The van der Waals surface area contributed by atoms with Gasteiger partial charge in [-0.25, -0.2) is 8.42 Å². The van der Waals surface area contributed by atoms with Crippen molar-refractivity contribution in [2.45, 2.75) is 30.7 Å². The summed E-state index contributed by atoms with van der Waals surface area (Å²) in [6.07, 6.45) is 1.93. The van der Waals surface area contributed by atoms with Crippen molar-refractivity contribution in [3.8, 4) is 0 Å². The molecule has 1 aromatic rings. The topological polar surface area (TPSA) is 83.6 Å². The number of hydrogen-bond acceptors (Lipinski definition) is 4. The SMILES string of the molecule is CC(=O)Nc1ccc(S(=O)(=O)N2CCC[C@H]2C=O)cc1. The molecule has 0 spiro atoms. The monoisotopic (exact) mass is 296 g/mol. The lowest BCUT2D eigenvalue weighted by atomic mass is 10.2. The summed E-state index contributed by atoms with van der Waals surface area (Å²) in [7, 11) is -3.66. The fraction of sp³-hybridized carbons (Fsp3) is 0.385. The molecule has 1 aliphatic rings. The number of rotatable bonds is 4. The first kappa shape index (κ1) is 14.7. The minimum atomic E-state index is -3.66. The van der Waals surface area contributed by atoms with E-state index in [9.17, 15) is 18.0 Å². The smallest absolute Gasteiger partial charge is 0.243 e. The number of anilines is 1. The van der Waals surface area contributed by atoms with E-state index in [2.05, 4.69) is 5.32 Å². The highest BCUT2D eigenvalue weighted by Gasteiger charge is 2.34. The lowest BCUT2D eigenvalue weighted by Gasteiger charge is -2.20. The van der Waals surface area contributed by atoms with Crippen LogP contribution in [0.15, 0.2) is 29.2 Å². The second-order valence-electron chi connectivity index (χ2n) is 4.67. The van der Waals surface area contributed by atoms with Crippen molar-refractivity contribution in [1.29, 1.82) is 0 Å². The maximum Gasteiger partial charge on any atom is 0.243 e. The van der Waals surface area contributed by atoms with Crippen molar-refractivity contribution in [2.24, 2.45) is 0 Å². The minimum Gasteiger partial charge on any atom is -0.326 e. The highest BCUT2D eigenvalue weighted by molar-refractivity contribution is 7.89. The zero-order chi connectivity index (χ0) is 14.8. The Bertz CT molecular complexity index is 610. The summed E-state index contributed by atoms with van der Waals surface area (Å²) in [5.41, 5.74) is 0.532. The maximum absolute atomic E-state index is 12.4. The van der Waals surface area contributed by atoms with Gasteiger partial charge in [-0.05, 0) is 37.1 Å². The number of benzene rings is 1. The molecule has 0 unspecified atom stereocenters. The summed E-state index contributed by atoms with van der Waals surface area (Å²) in [5.74, 6) is -0.221. The van der Waals surface area contributed by atoms with Gasteiger partial charge in [0.1, 0.15) is 6.29 Å². The van der Waals surface area contributed by atoms with Crippen LogP contribution in [0.2, 0.25) is 0 Å². The fourth-order valence-corrected chi connectivity index (χ4v) is 3.88. The van der Waals surface area contributed by atoms with E-state index in [0.29, 0.717) is 31.4 Å². The first-order valence-corrected chi connectivity index (χ1v) is 7.74. The summed E-state index contributed by atoms with van der Waals surface area (Å²) in [5, 5.41) is 2.57. The quantitative estimate of drug-likeness (QED) is 0.840. The van der Waals surface area contributed by atoms with Gasteiger partial charge in [-0.2, -0.15) is 4.31 Å². The van der Waals surface area contributed by atoms with E-state index in [0.717, 1.165) is 0 Å². The number of nitrogens with one attached hydrogen (secondary N) is 1. The molecule has 108 valence electrons. The van der Waals surface area contributed by atoms with Crippen molar-refractivity contribution in [2.75, 3.05) is 11.9 Å². The molecule has 0 saturated carbocycles. The standard InChI is InChI=1S/C13H16N2O4S/c1-10(17)14-11-4-6-13(7-5-11)20(18,19)15-8-2-3-12(15)9-16/h4-7,9,12H,2-3,8H2,1H3,(H,14,17)/t12-/m0/s1. The molecule has 6 nitrogen and oxygen atoms in total. The number of carbonyl (C=O) groups is 2. The summed E-state index contributed by atoms with van der Waals surface area (Å²) in [6.45, 7) is 1.74. The lowest BCUT2D eigenvalue weighted by molar-refractivity contribution is -0.114. The maximum atomic E-state index is 12.4. The van der Waals surface area contributed by atoms with Crippen LogP contribution in [0, 0.1) is 0 Å². The predicted octanol–water partition coefficient (Wildman–Crippen LogP) is 0.997. The zero-order valence-corrected chi connectivity index (χ0v) is 11.9. The van der Waals surface area contributed by atoms with Crippen LogP contribution < -0.4 is 5.32 Å². The van der Waals surface area contributed by atoms with Crippen molar-refractivity contribution >= 4 is 27.9 Å². The molecule has 1 heterocycles. The second kappa shape index (κ2) is 5.72. The van der Waals surface area contributed by atoms with Gasteiger partial charge in [0.15, 0.2) is 0 Å². The Morgan fingerprint density at radius 2 is 2.00 bits per heavy atom. The first-order valence-electron chi connectivity index (χ1n) is 6.30. The van der Waals surface area contributed by atoms with Crippen LogP contribution in [0.3, 0.4) is 0 Å².